The minimum absolute atomic E-state index is 0. The molecule has 2 heterocycles. The van der Waals surface area contributed by atoms with Crippen molar-refractivity contribution in [3.05, 3.63) is 0 Å². The third kappa shape index (κ3) is 7.44. The fraction of sp³-hybridized carbons (Fsp3) is 0.833. The molecule has 9 heteroatoms. The van der Waals surface area contributed by atoms with Crippen molar-refractivity contribution in [2.75, 3.05) is 67.6 Å². The smallest absolute Gasteiger partial charge is 0.243 e. The van der Waals surface area contributed by atoms with E-state index in [-0.39, 0.29) is 48.9 Å². The van der Waals surface area contributed by atoms with E-state index in [9.17, 15) is 9.59 Å². The summed E-state index contributed by atoms with van der Waals surface area (Å²) in [5, 5.41) is 3.15. The number of likely N-dealkylation sites (N-methyl/N-ethyl adjacent to an activating group) is 2. The van der Waals surface area contributed by atoms with Crippen LogP contribution in [0.15, 0.2) is 4.99 Å². The maximum Gasteiger partial charge on any atom is 0.243 e. The van der Waals surface area contributed by atoms with Crippen LogP contribution in [0, 0.1) is 11.8 Å². The van der Waals surface area contributed by atoms with Gasteiger partial charge in [-0.3, -0.25) is 9.59 Å². The summed E-state index contributed by atoms with van der Waals surface area (Å²) in [6, 6.07) is 0. The lowest BCUT2D eigenvalue weighted by Crippen LogP contribution is -2.45. The average Bonchev–Trinajstić information content (AvgIpc) is 3.11. The molecule has 0 aromatic heterocycles. The fourth-order valence-electron chi connectivity index (χ4n) is 3.42. The van der Waals surface area contributed by atoms with Crippen molar-refractivity contribution in [1.29, 1.82) is 0 Å². The number of hydrogen-bond donors (Lipinski definition) is 1. The first-order chi connectivity index (χ1) is 12.4. The Kier molecular flexibility index (Phi) is 10.4. The number of carbonyl (C=O) groups is 2. The molecule has 2 rings (SSSR count). The van der Waals surface area contributed by atoms with Gasteiger partial charge in [-0.2, -0.15) is 0 Å². The third-order valence-corrected chi connectivity index (χ3v) is 5.22. The number of carbonyl (C=O) groups excluding carboxylic acids is 2. The highest BCUT2D eigenvalue weighted by Crippen LogP contribution is 2.31. The molecule has 156 valence electrons. The monoisotopic (exact) mass is 495 g/mol. The Morgan fingerprint density at radius 2 is 1.67 bits per heavy atom. The van der Waals surface area contributed by atoms with Crippen LogP contribution >= 0.6 is 24.0 Å². The van der Waals surface area contributed by atoms with Crippen molar-refractivity contribution in [2.24, 2.45) is 16.8 Å². The van der Waals surface area contributed by atoms with Crippen LogP contribution in [0.2, 0.25) is 0 Å². The van der Waals surface area contributed by atoms with Crippen LogP contribution in [0.3, 0.4) is 0 Å². The van der Waals surface area contributed by atoms with Crippen molar-refractivity contribution in [3.63, 3.8) is 0 Å². The van der Waals surface area contributed by atoms with Gasteiger partial charge >= 0.3 is 0 Å². The second kappa shape index (κ2) is 11.7. The minimum Gasteiger partial charge on any atom is -0.381 e. The highest BCUT2D eigenvalue weighted by molar-refractivity contribution is 14.0. The maximum absolute atomic E-state index is 11.9. The van der Waals surface area contributed by atoms with Gasteiger partial charge < -0.3 is 24.8 Å². The molecular weight excluding hydrogens is 461 g/mol. The highest BCUT2D eigenvalue weighted by atomic mass is 127. The molecule has 0 saturated carbocycles. The number of guanidine groups is 1. The molecule has 1 unspecified atom stereocenters. The number of nitrogens with one attached hydrogen (secondary N) is 1. The standard InChI is InChI=1S/C18H33N5O3.HI/c1-21(2)16(24)11-19-18(20-12-17(25)22(3)4)23-8-5-15(13-23)14-6-9-26-10-7-14;/h14-15H,5-13H2,1-4H3,(H,19,20);1H. The van der Waals surface area contributed by atoms with E-state index < -0.39 is 0 Å². The van der Waals surface area contributed by atoms with Crippen molar-refractivity contribution in [3.8, 4) is 0 Å². The third-order valence-electron chi connectivity index (χ3n) is 5.22. The predicted molar refractivity (Wildman–Crippen MR) is 116 cm³/mol. The lowest BCUT2D eigenvalue weighted by molar-refractivity contribution is -0.127. The zero-order valence-corrected chi connectivity index (χ0v) is 19.3. The number of aliphatic imine (C=N–C) groups is 1. The second-order valence-corrected chi connectivity index (χ2v) is 7.51. The van der Waals surface area contributed by atoms with Gasteiger partial charge in [0.15, 0.2) is 5.96 Å². The first kappa shape index (κ1) is 23.9. The number of ether oxygens (including phenoxy) is 1. The van der Waals surface area contributed by atoms with E-state index in [0.29, 0.717) is 17.8 Å². The molecule has 8 nitrogen and oxygen atoms in total. The molecule has 0 aromatic carbocycles. The first-order valence-electron chi connectivity index (χ1n) is 9.39. The molecule has 0 aromatic rings. The van der Waals surface area contributed by atoms with Gasteiger partial charge in [-0.15, -0.1) is 24.0 Å². The summed E-state index contributed by atoms with van der Waals surface area (Å²) in [6.45, 7) is 3.80. The molecule has 27 heavy (non-hydrogen) atoms. The van der Waals surface area contributed by atoms with Gasteiger partial charge in [0.05, 0.1) is 6.54 Å². The largest absolute Gasteiger partial charge is 0.381 e. The average molecular weight is 495 g/mol. The molecule has 0 aliphatic carbocycles. The van der Waals surface area contributed by atoms with E-state index in [1.807, 2.05) is 0 Å². The molecule has 2 saturated heterocycles. The molecular formula is C18H34IN5O3. The summed E-state index contributed by atoms with van der Waals surface area (Å²) in [7, 11) is 6.90. The molecule has 0 bridgehead atoms. The summed E-state index contributed by atoms with van der Waals surface area (Å²) in [5.41, 5.74) is 0. The summed E-state index contributed by atoms with van der Waals surface area (Å²) >= 11 is 0. The lowest BCUT2D eigenvalue weighted by Gasteiger charge is -2.28. The van der Waals surface area contributed by atoms with E-state index in [2.05, 4.69) is 15.2 Å². The minimum atomic E-state index is -0.0524. The van der Waals surface area contributed by atoms with Crippen LogP contribution in [0.4, 0.5) is 0 Å². The van der Waals surface area contributed by atoms with E-state index in [0.717, 1.165) is 45.6 Å². The van der Waals surface area contributed by atoms with E-state index in [4.69, 9.17) is 4.74 Å². The molecule has 1 N–H and O–H groups in total. The second-order valence-electron chi connectivity index (χ2n) is 7.51. The Labute approximate surface area is 179 Å². The van der Waals surface area contributed by atoms with Gasteiger partial charge in [-0.25, -0.2) is 4.99 Å². The first-order valence-corrected chi connectivity index (χ1v) is 9.39. The summed E-state index contributed by atoms with van der Waals surface area (Å²) < 4.78 is 5.47. The lowest BCUT2D eigenvalue weighted by atomic mass is 9.85. The zero-order valence-electron chi connectivity index (χ0n) is 16.9. The number of likely N-dealkylation sites (tertiary alicyclic amines) is 1. The molecule has 2 amide bonds. The van der Waals surface area contributed by atoms with Gasteiger partial charge in [0.1, 0.15) is 6.54 Å². The Morgan fingerprint density at radius 1 is 1.04 bits per heavy atom. The topological polar surface area (TPSA) is 77.5 Å². The van der Waals surface area contributed by atoms with Gasteiger partial charge in [-0.1, -0.05) is 0 Å². The highest BCUT2D eigenvalue weighted by Gasteiger charge is 2.32. The number of amides is 2. The van der Waals surface area contributed by atoms with Crippen molar-refractivity contribution in [1.82, 2.24) is 20.0 Å². The van der Waals surface area contributed by atoms with E-state index in [1.54, 1.807) is 33.1 Å². The maximum atomic E-state index is 11.9. The Bertz CT molecular complexity index is 521. The predicted octanol–water partition coefficient (Wildman–Crippen LogP) is 0.475. The Hall–Kier alpha value is -1.10. The quantitative estimate of drug-likeness (QED) is 0.341. The van der Waals surface area contributed by atoms with Crippen molar-refractivity contribution in [2.45, 2.75) is 19.3 Å². The fourth-order valence-corrected chi connectivity index (χ4v) is 3.42. The van der Waals surface area contributed by atoms with Crippen LogP contribution in [0.1, 0.15) is 19.3 Å². The summed E-state index contributed by atoms with van der Waals surface area (Å²) in [6.07, 6.45) is 3.36. The van der Waals surface area contributed by atoms with Crippen molar-refractivity contribution >= 4 is 41.8 Å². The molecule has 1 atom stereocenters. The van der Waals surface area contributed by atoms with Crippen LogP contribution in [0.25, 0.3) is 0 Å². The van der Waals surface area contributed by atoms with Crippen LogP contribution in [0.5, 0.6) is 0 Å². The molecule has 0 radical (unpaired) electrons. The van der Waals surface area contributed by atoms with E-state index >= 15 is 0 Å². The molecule has 2 fully saturated rings. The number of hydrogen-bond acceptors (Lipinski definition) is 4. The Morgan fingerprint density at radius 3 is 2.26 bits per heavy atom. The van der Waals surface area contributed by atoms with Crippen molar-refractivity contribution < 1.29 is 14.3 Å². The molecule has 2 aliphatic heterocycles. The van der Waals surface area contributed by atoms with Gasteiger partial charge in [0.25, 0.3) is 0 Å². The number of halogens is 1. The normalized spacial score (nSPS) is 20.8. The number of nitrogens with zero attached hydrogens (tertiary/aromatic N) is 4. The Balaban J connectivity index is 0.00000364. The van der Waals surface area contributed by atoms with E-state index in [1.165, 1.54) is 4.90 Å². The zero-order chi connectivity index (χ0) is 19.1. The van der Waals surface area contributed by atoms with Gasteiger partial charge in [0.2, 0.25) is 11.8 Å². The molecule has 0 spiro atoms. The molecule has 2 aliphatic rings. The van der Waals surface area contributed by atoms with Crippen LogP contribution < -0.4 is 5.32 Å². The van der Waals surface area contributed by atoms with Gasteiger partial charge in [0, 0.05) is 54.5 Å². The van der Waals surface area contributed by atoms with Crippen LogP contribution in [-0.2, 0) is 14.3 Å². The summed E-state index contributed by atoms with van der Waals surface area (Å²) in [5.74, 6) is 1.91. The van der Waals surface area contributed by atoms with Crippen LogP contribution in [-0.4, -0.2) is 100 Å². The summed E-state index contributed by atoms with van der Waals surface area (Å²) in [4.78, 5) is 33.6. The van der Waals surface area contributed by atoms with Gasteiger partial charge in [-0.05, 0) is 31.1 Å². The SMILES string of the molecule is CN(C)C(=O)CN=C(NCC(=O)N(C)C)N1CCC(C2CCOCC2)C1.I. The number of rotatable bonds is 5.